The van der Waals surface area contributed by atoms with Gasteiger partial charge in [0.15, 0.2) is 0 Å². The summed E-state index contributed by atoms with van der Waals surface area (Å²) >= 11 is 0. The fourth-order valence-electron chi connectivity index (χ4n) is 6.65. The lowest BCUT2D eigenvalue weighted by Gasteiger charge is -2.40. The smallest absolute Gasteiger partial charge is 0.416 e. The molecule has 3 fully saturated rings. The molecule has 0 spiro atoms. The lowest BCUT2D eigenvalue weighted by molar-refractivity contribution is -0.137. The number of aliphatic hydroxyl groups is 1. The highest BCUT2D eigenvalue weighted by Gasteiger charge is 2.48. The molecule has 4 heterocycles. The monoisotopic (exact) mass is 584 g/mol. The summed E-state index contributed by atoms with van der Waals surface area (Å²) in [6.07, 6.45) is 4.33. The maximum absolute atomic E-state index is 13.0. The van der Waals surface area contributed by atoms with Gasteiger partial charge in [-0.15, -0.1) is 0 Å². The van der Waals surface area contributed by atoms with E-state index in [0.29, 0.717) is 30.9 Å². The molecule has 1 aliphatic carbocycles. The van der Waals surface area contributed by atoms with Gasteiger partial charge in [-0.25, -0.2) is 15.0 Å². The zero-order valence-corrected chi connectivity index (χ0v) is 22.8. The molecule has 2 amide bonds. The summed E-state index contributed by atoms with van der Waals surface area (Å²) in [7, 11) is 0. The van der Waals surface area contributed by atoms with E-state index >= 15 is 0 Å². The van der Waals surface area contributed by atoms with Crippen molar-refractivity contribution < 1.29 is 32.3 Å². The quantitative estimate of drug-likeness (QED) is 0.452. The number of oxazole rings is 1. The molecule has 2 aromatic heterocycles. The van der Waals surface area contributed by atoms with Crippen LogP contribution in [0.1, 0.15) is 60.1 Å². The number of hydrogen-bond acceptors (Lipinski definition) is 8. The predicted octanol–water partition coefficient (Wildman–Crippen LogP) is 3.39. The average molecular weight is 585 g/mol. The van der Waals surface area contributed by atoms with Gasteiger partial charge in [-0.2, -0.15) is 13.2 Å². The summed E-state index contributed by atoms with van der Waals surface area (Å²) in [5.74, 6) is -0.333. The summed E-state index contributed by atoms with van der Waals surface area (Å²) in [6, 6.07) is 6.33. The third-order valence-electron chi connectivity index (χ3n) is 8.78. The van der Waals surface area contributed by atoms with Crippen molar-refractivity contribution in [3.63, 3.8) is 0 Å². The summed E-state index contributed by atoms with van der Waals surface area (Å²) in [4.78, 5) is 42.5. The molecule has 42 heavy (non-hydrogen) atoms. The Morgan fingerprint density at radius 2 is 1.79 bits per heavy atom. The van der Waals surface area contributed by atoms with Crippen molar-refractivity contribution in [3.05, 3.63) is 65.8 Å². The van der Waals surface area contributed by atoms with Gasteiger partial charge >= 0.3 is 6.18 Å². The van der Waals surface area contributed by atoms with Crippen LogP contribution < -0.4 is 5.32 Å². The number of rotatable bonds is 6. The maximum atomic E-state index is 13.0. The number of benzene rings is 1. The zero-order chi connectivity index (χ0) is 29.5. The fraction of sp³-hybridized carbons (Fsp3) is 0.483. The van der Waals surface area contributed by atoms with E-state index in [0.717, 1.165) is 44.4 Å². The molecule has 1 saturated carbocycles. The Labute approximate surface area is 240 Å². The van der Waals surface area contributed by atoms with Gasteiger partial charge in [-0.3, -0.25) is 14.5 Å². The van der Waals surface area contributed by atoms with Crippen LogP contribution in [0.25, 0.3) is 11.7 Å². The molecule has 13 heteroatoms. The standard InChI is InChI=1S/C29H31F3N6O4/c30-29(31,32)19-4-1-3-18(15-19)26(40)35-16-24(39)38-14-8-21-22(38)7-13-37(21)20-5-9-28(41,10-6-20)23-17-42-27(36-23)25-33-11-2-12-34-25/h1-4,11-12,15,17,20-22,41H,5-10,13-14,16H2,(H,35,40)/t20?,21-,22-,28?/m1/s1. The second-order valence-electron chi connectivity index (χ2n) is 11.2. The molecule has 3 aromatic rings. The van der Waals surface area contributed by atoms with Crippen LogP contribution in [0.4, 0.5) is 13.2 Å². The molecular weight excluding hydrogens is 553 g/mol. The minimum atomic E-state index is -4.56. The van der Waals surface area contributed by atoms with E-state index in [1.807, 2.05) is 0 Å². The Morgan fingerprint density at radius 3 is 2.52 bits per heavy atom. The molecule has 2 aliphatic heterocycles. The number of likely N-dealkylation sites (tertiary alicyclic amines) is 2. The first-order valence-electron chi connectivity index (χ1n) is 14.1. The van der Waals surface area contributed by atoms with E-state index in [-0.39, 0.29) is 42.0 Å². The molecule has 10 nitrogen and oxygen atoms in total. The Balaban J connectivity index is 1.02. The number of alkyl halides is 3. The van der Waals surface area contributed by atoms with Crippen molar-refractivity contribution in [3.8, 4) is 11.7 Å². The van der Waals surface area contributed by atoms with Crippen molar-refractivity contribution in [1.29, 1.82) is 0 Å². The minimum Gasteiger partial charge on any atom is -0.442 e. The number of fused-ring (bicyclic) bond motifs is 1. The third-order valence-corrected chi connectivity index (χ3v) is 8.78. The number of nitrogens with zero attached hydrogens (tertiary/aromatic N) is 5. The summed E-state index contributed by atoms with van der Waals surface area (Å²) in [6.45, 7) is 1.12. The number of amides is 2. The van der Waals surface area contributed by atoms with Crippen molar-refractivity contribution in [1.82, 2.24) is 30.1 Å². The van der Waals surface area contributed by atoms with Crippen LogP contribution >= 0.6 is 0 Å². The molecule has 3 aliphatic rings. The number of carbonyl (C=O) groups is 2. The molecular formula is C29H31F3N6O4. The highest BCUT2D eigenvalue weighted by atomic mass is 19.4. The molecule has 222 valence electrons. The largest absolute Gasteiger partial charge is 0.442 e. The lowest BCUT2D eigenvalue weighted by Crippen LogP contribution is -2.47. The SMILES string of the molecule is O=C(NCC(=O)N1CC[C@@H]2[C@H]1CCN2C1CCC(O)(c2coc(-c3ncccn3)n2)CC1)c1cccc(C(F)(F)F)c1. The minimum absolute atomic E-state index is 0.0211. The van der Waals surface area contributed by atoms with Gasteiger partial charge in [0.05, 0.1) is 12.1 Å². The Hall–Kier alpha value is -3.84. The van der Waals surface area contributed by atoms with Crippen LogP contribution in [0.2, 0.25) is 0 Å². The number of nitrogens with one attached hydrogen (secondary N) is 1. The van der Waals surface area contributed by atoms with Gasteiger partial charge in [0, 0.05) is 49.2 Å². The molecule has 0 bridgehead atoms. The van der Waals surface area contributed by atoms with Crippen molar-refractivity contribution >= 4 is 11.8 Å². The highest BCUT2D eigenvalue weighted by Crippen LogP contribution is 2.42. The molecule has 1 aromatic carbocycles. The molecule has 2 atom stereocenters. The molecule has 6 rings (SSSR count). The van der Waals surface area contributed by atoms with Crippen LogP contribution in [-0.4, -0.2) is 79.4 Å². The normalized spacial score (nSPS) is 26.3. The Bertz CT molecular complexity index is 1440. The number of aromatic nitrogens is 3. The van der Waals surface area contributed by atoms with Gasteiger partial charge in [0.2, 0.25) is 11.7 Å². The van der Waals surface area contributed by atoms with E-state index in [1.165, 1.54) is 18.4 Å². The summed E-state index contributed by atoms with van der Waals surface area (Å²) in [5, 5.41) is 13.9. The van der Waals surface area contributed by atoms with Crippen molar-refractivity contribution in [2.75, 3.05) is 19.6 Å². The summed E-state index contributed by atoms with van der Waals surface area (Å²) < 4.78 is 44.5. The van der Waals surface area contributed by atoms with Crippen molar-refractivity contribution in [2.45, 2.75) is 68.4 Å². The van der Waals surface area contributed by atoms with Crippen LogP contribution in [-0.2, 0) is 16.6 Å². The van der Waals surface area contributed by atoms with Gasteiger partial charge in [-0.1, -0.05) is 6.07 Å². The number of hydrogen-bond donors (Lipinski definition) is 2. The van der Waals surface area contributed by atoms with Gasteiger partial charge in [-0.05, 0) is 62.8 Å². The Kier molecular flexibility index (Phi) is 7.48. The van der Waals surface area contributed by atoms with Gasteiger partial charge in [0.25, 0.3) is 11.8 Å². The highest BCUT2D eigenvalue weighted by molar-refractivity contribution is 5.96. The first kappa shape index (κ1) is 28.3. The first-order valence-corrected chi connectivity index (χ1v) is 14.1. The van der Waals surface area contributed by atoms with Crippen LogP contribution in [0.3, 0.4) is 0 Å². The van der Waals surface area contributed by atoms with E-state index in [4.69, 9.17) is 4.42 Å². The zero-order valence-electron chi connectivity index (χ0n) is 22.8. The molecule has 0 unspecified atom stereocenters. The second kappa shape index (κ2) is 11.1. The molecule has 0 radical (unpaired) electrons. The average Bonchev–Trinajstić information content (AvgIpc) is 3.74. The van der Waals surface area contributed by atoms with Crippen LogP contribution in [0.15, 0.2) is 53.4 Å². The van der Waals surface area contributed by atoms with E-state index in [2.05, 4.69) is 25.2 Å². The third kappa shape index (κ3) is 5.50. The topological polar surface area (TPSA) is 125 Å². The first-order chi connectivity index (χ1) is 20.1. The predicted molar refractivity (Wildman–Crippen MR) is 143 cm³/mol. The van der Waals surface area contributed by atoms with Gasteiger partial charge < -0.3 is 19.7 Å². The van der Waals surface area contributed by atoms with E-state index in [9.17, 15) is 27.9 Å². The number of carbonyl (C=O) groups excluding carboxylic acids is 2. The molecule has 2 N–H and O–H groups in total. The second-order valence-corrected chi connectivity index (χ2v) is 11.2. The van der Waals surface area contributed by atoms with Gasteiger partial charge in [0.1, 0.15) is 17.6 Å². The van der Waals surface area contributed by atoms with Crippen LogP contribution in [0, 0.1) is 0 Å². The molecule has 2 saturated heterocycles. The maximum Gasteiger partial charge on any atom is 0.416 e. The summed E-state index contributed by atoms with van der Waals surface area (Å²) in [5.41, 5.74) is -1.67. The number of halogens is 3. The lowest BCUT2D eigenvalue weighted by atomic mass is 9.79. The van der Waals surface area contributed by atoms with Crippen molar-refractivity contribution in [2.24, 2.45) is 0 Å². The van der Waals surface area contributed by atoms with E-state index in [1.54, 1.807) is 23.4 Å². The van der Waals surface area contributed by atoms with Crippen LogP contribution in [0.5, 0.6) is 0 Å². The Morgan fingerprint density at radius 1 is 1.05 bits per heavy atom. The van der Waals surface area contributed by atoms with E-state index < -0.39 is 23.2 Å². The fourth-order valence-corrected chi connectivity index (χ4v) is 6.65.